The van der Waals surface area contributed by atoms with E-state index in [1.807, 2.05) is 0 Å². The molecule has 0 fully saturated rings. The van der Waals surface area contributed by atoms with E-state index in [2.05, 4.69) is 15.9 Å². The molecular formula is C9H4BrF2NO. The van der Waals surface area contributed by atoms with Crippen molar-refractivity contribution in [3.05, 3.63) is 34.9 Å². The maximum absolute atomic E-state index is 13.0. The van der Waals surface area contributed by atoms with Gasteiger partial charge in [0.2, 0.25) is 0 Å². The Morgan fingerprint density at radius 2 is 2.14 bits per heavy atom. The van der Waals surface area contributed by atoms with Crippen LogP contribution in [0.3, 0.4) is 0 Å². The van der Waals surface area contributed by atoms with Crippen molar-refractivity contribution in [1.29, 1.82) is 5.26 Å². The van der Waals surface area contributed by atoms with E-state index >= 15 is 0 Å². The number of hydrogen-bond acceptors (Lipinski definition) is 2. The Kier molecular flexibility index (Phi) is 3.31. The highest BCUT2D eigenvalue weighted by Gasteiger charge is 2.15. The normalized spacial score (nSPS) is 9.57. The maximum atomic E-state index is 13.0. The molecule has 0 heterocycles. The molecular weight excluding hydrogens is 256 g/mol. The van der Waals surface area contributed by atoms with Crippen molar-refractivity contribution in [1.82, 2.24) is 0 Å². The summed E-state index contributed by atoms with van der Waals surface area (Å²) < 4.78 is 25.7. The van der Waals surface area contributed by atoms with E-state index in [-0.39, 0.29) is 10.9 Å². The van der Waals surface area contributed by atoms with Gasteiger partial charge in [-0.25, -0.2) is 8.78 Å². The van der Waals surface area contributed by atoms with Crippen LogP contribution in [-0.2, 0) is 0 Å². The predicted octanol–water partition coefficient (Wildman–Crippen LogP) is 2.41. The number of carbonyl (C=O) groups excluding carboxylic acids is 1. The van der Waals surface area contributed by atoms with E-state index in [1.165, 1.54) is 6.07 Å². The quantitative estimate of drug-likeness (QED) is 0.605. The van der Waals surface area contributed by atoms with E-state index in [1.54, 1.807) is 0 Å². The Labute approximate surface area is 87.3 Å². The molecule has 14 heavy (non-hydrogen) atoms. The Hall–Kier alpha value is -1.28. The third kappa shape index (κ3) is 1.96. The van der Waals surface area contributed by atoms with Crippen LogP contribution in [0.5, 0.6) is 0 Å². The minimum Gasteiger partial charge on any atom is -0.293 e. The Morgan fingerprint density at radius 1 is 1.50 bits per heavy atom. The van der Waals surface area contributed by atoms with Gasteiger partial charge in [-0.05, 0) is 6.07 Å². The smallest absolute Gasteiger partial charge is 0.174 e. The highest BCUT2D eigenvalue weighted by Crippen LogP contribution is 2.16. The van der Waals surface area contributed by atoms with Gasteiger partial charge in [0.15, 0.2) is 5.78 Å². The third-order valence-electron chi connectivity index (χ3n) is 1.59. The molecule has 0 amide bonds. The fraction of sp³-hybridized carbons (Fsp3) is 0.111. The zero-order valence-corrected chi connectivity index (χ0v) is 8.44. The third-order valence-corrected chi connectivity index (χ3v) is 2.10. The lowest BCUT2D eigenvalue weighted by Gasteiger charge is -2.01. The maximum Gasteiger partial charge on any atom is 0.174 e. The van der Waals surface area contributed by atoms with Gasteiger partial charge in [-0.15, -0.1) is 0 Å². The molecule has 1 rings (SSSR count). The van der Waals surface area contributed by atoms with Crippen LogP contribution in [-0.4, -0.2) is 11.1 Å². The van der Waals surface area contributed by atoms with Crippen LogP contribution in [0.25, 0.3) is 0 Å². The molecule has 2 nitrogen and oxygen atoms in total. The fourth-order valence-corrected chi connectivity index (χ4v) is 1.28. The molecule has 5 heteroatoms. The second-order valence-corrected chi connectivity index (χ2v) is 3.04. The van der Waals surface area contributed by atoms with Gasteiger partial charge in [0.05, 0.1) is 10.9 Å². The van der Waals surface area contributed by atoms with Gasteiger partial charge in [0, 0.05) is 11.6 Å². The lowest BCUT2D eigenvalue weighted by Crippen LogP contribution is -2.06. The fourth-order valence-electron chi connectivity index (χ4n) is 0.979. The van der Waals surface area contributed by atoms with Crippen LogP contribution in [0, 0.1) is 23.0 Å². The molecule has 0 radical (unpaired) electrons. The largest absolute Gasteiger partial charge is 0.293 e. The van der Waals surface area contributed by atoms with Gasteiger partial charge in [-0.3, -0.25) is 4.79 Å². The summed E-state index contributed by atoms with van der Waals surface area (Å²) in [5.74, 6) is -2.41. The summed E-state index contributed by atoms with van der Waals surface area (Å²) >= 11 is 2.86. The summed E-state index contributed by atoms with van der Waals surface area (Å²) in [4.78, 5) is 11.2. The second-order valence-electron chi connectivity index (χ2n) is 2.48. The van der Waals surface area contributed by atoms with E-state index in [0.717, 1.165) is 6.07 Å². The van der Waals surface area contributed by atoms with Crippen LogP contribution in [0.1, 0.15) is 15.9 Å². The molecule has 0 aromatic heterocycles. The van der Waals surface area contributed by atoms with Gasteiger partial charge >= 0.3 is 0 Å². The van der Waals surface area contributed by atoms with E-state index < -0.39 is 23.0 Å². The number of rotatable bonds is 2. The zero-order chi connectivity index (χ0) is 10.7. The number of hydrogen-bond donors (Lipinski definition) is 0. The predicted molar refractivity (Wildman–Crippen MR) is 49.2 cm³/mol. The lowest BCUT2D eigenvalue weighted by atomic mass is 10.0. The monoisotopic (exact) mass is 259 g/mol. The molecule has 72 valence electrons. The summed E-state index contributed by atoms with van der Waals surface area (Å²) in [6.45, 7) is 0. The number of nitrogens with zero attached hydrogens (tertiary/aromatic N) is 1. The molecule has 0 unspecified atom stereocenters. The van der Waals surface area contributed by atoms with Crippen molar-refractivity contribution in [2.45, 2.75) is 0 Å². The first kappa shape index (κ1) is 10.8. The van der Waals surface area contributed by atoms with Crippen molar-refractivity contribution in [2.75, 3.05) is 5.33 Å². The van der Waals surface area contributed by atoms with Gasteiger partial charge in [0.25, 0.3) is 0 Å². The van der Waals surface area contributed by atoms with Crippen LogP contribution in [0.2, 0.25) is 0 Å². The summed E-state index contributed by atoms with van der Waals surface area (Å²) in [7, 11) is 0. The van der Waals surface area contributed by atoms with Crippen molar-refractivity contribution in [2.24, 2.45) is 0 Å². The number of Topliss-reactive ketones (excluding diaryl/α,β-unsaturated/α-hetero) is 1. The van der Waals surface area contributed by atoms with Gasteiger partial charge in [-0.2, -0.15) is 5.26 Å². The minimum atomic E-state index is -1.02. The number of nitriles is 1. The first-order valence-corrected chi connectivity index (χ1v) is 4.70. The Bertz CT molecular complexity index is 426. The molecule has 0 atom stereocenters. The molecule has 0 N–H and O–H groups in total. The summed E-state index contributed by atoms with van der Waals surface area (Å²) in [6, 6.07) is 2.95. The number of alkyl halides is 1. The summed E-state index contributed by atoms with van der Waals surface area (Å²) in [5.41, 5.74) is -0.655. The average Bonchev–Trinajstić information content (AvgIpc) is 2.15. The first-order chi connectivity index (χ1) is 6.60. The van der Waals surface area contributed by atoms with Crippen LogP contribution in [0.4, 0.5) is 8.78 Å². The molecule has 1 aromatic rings. The van der Waals surface area contributed by atoms with Crippen LogP contribution in [0.15, 0.2) is 12.1 Å². The zero-order valence-electron chi connectivity index (χ0n) is 6.85. The van der Waals surface area contributed by atoms with Crippen molar-refractivity contribution in [3.8, 4) is 6.07 Å². The van der Waals surface area contributed by atoms with Crippen LogP contribution < -0.4 is 0 Å². The second kappa shape index (κ2) is 4.29. The molecule has 0 bridgehead atoms. The SMILES string of the molecule is N#Cc1c(F)cc(F)cc1C(=O)CBr. The van der Waals surface area contributed by atoms with E-state index in [0.29, 0.717) is 6.07 Å². The van der Waals surface area contributed by atoms with Crippen LogP contribution >= 0.6 is 15.9 Å². The van der Waals surface area contributed by atoms with Crippen molar-refractivity contribution in [3.63, 3.8) is 0 Å². The number of halogens is 3. The van der Waals surface area contributed by atoms with Gasteiger partial charge < -0.3 is 0 Å². The minimum absolute atomic E-state index is 0.0788. The number of benzene rings is 1. The molecule has 0 aliphatic rings. The standard InChI is InChI=1S/C9H4BrF2NO/c10-3-9(14)6-1-5(11)2-8(12)7(6)4-13/h1-2H,3H2. The lowest BCUT2D eigenvalue weighted by molar-refractivity contribution is 0.102. The summed E-state index contributed by atoms with van der Waals surface area (Å²) in [6.07, 6.45) is 0. The van der Waals surface area contributed by atoms with Gasteiger partial charge in [0.1, 0.15) is 17.7 Å². The van der Waals surface area contributed by atoms with Gasteiger partial charge in [-0.1, -0.05) is 15.9 Å². The van der Waals surface area contributed by atoms with E-state index in [9.17, 15) is 13.6 Å². The molecule has 0 saturated heterocycles. The molecule has 0 aliphatic heterocycles. The van der Waals surface area contributed by atoms with Crippen molar-refractivity contribution >= 4 is 21.7 Å². The van der Waals surface area contributed by atoms with Crippen molar-refractivity contribution < 1.29 is 13.6 Å². The number of carbonyl (C=O) groups is 1. The molecule has 1 aromatic carbocycles. The highest BCUT2D eigenvalue weighted by atomic mass is 79.9. The van der Waals surface area contributed by atoms with E-state index in [4.69, 9.17) is 5.26 Å². The highest BCUT2D eigenvalue weighted by molar-refractivity contribution is 9.09. The molecule has 0 spiro atoms. The number of ketones is 1. The topological polar surface area (TPSA) is 40.9 Å². The average molecular weight is 260 g/mol. The molecule has 0 saturated carbocycles. The summed E-state index contributed by atoms with van der Waals surface area (Å²) in [5, 5.41) is 8.48. The Morgan fingerprint density at radius 3 is 2.64 bits per heavy atom. The molecule has 0 aliphatic carbocycles. The first-order valence-electron chi connectivity index (χ1n) is 3.58. The Balaban J connectivity index is 3.41.